The van der Waals surface area contributed by atoms with E-state index in [9.17, 15) is 0 Å². The predicted octanol–water partition coefficient (Wildman–Crippen LogP) is 1.98. The van der Waals surface area contributed by atoms with Crippen molar-refractivity contribution in [1.29, 1.82) is 0 Å². The van der Waals surface area contributed by atoms with Gasteiger partial charge in [-0.15, -0.1) is 12.3 Å². The maximum Gasteiger partial charge on any atom is 0.0548 e. The van der Waals surface area contributed by atoms with Crippen LogP contribution in [0.1, 0.15) is 6.92 Å². The zero-order valence-electron chi connectivity index (χ0n) is 6.85. The fourth-order valence-corrected chi connectivity index (χ4v) is 8.08. The van der Waals surface area contributed by atoms with E-state index in [4.69, 9.17) is 0 Å². The second-order valence-corrected chi connectivity index (χ2v) is 10.3. The first kappa shape index (κ1) is 9.17. The second kappa shape index (κ2) is 5.00. The predicted molar refractivity (Wildman–Crippen MR) is 51.5 cm³/mol. The van der Waals surface area contributed by atoms with E-state index in [1.807, 2.05) is 0 Å². The molecular weight excluding hydrogens is 140 g/mol. The quantitative estimate of drug-likeness (QED) is 0.549. The van der Waals surface area contributed by atoms with Crippen LogP contribution in [0.5, 0.6) is 0 Å². The molecule has 0 bridgehead atoms. The number of hydrogen-bond acceptors (Lipinski definition) is 0. The van der Waals surface area contributed by atoms with E-state index >= 15 is 0 Å². The minimum absolute atomic E-state index is 0.266. The van der Waals surface area contributed by atoms with E-state index in [2.05, 4.69) is 32.3 Å². The molecule has 0 spiro atoms. The topological polar surface area (TPSA) is 0 Å². The highest BCUT2D eigenvalue weighted by Gasteiger charge is 2.04. The van der Waals surface area contributed by atoms with Gasteiger partial charge >= 0.3 is 0 Å². The third-order valence-electron chi connectivity index (χ3n) is 1.87. The summed E-state index contributed by atoms with van der Waals surface area (Å²) in [5.74, 6) is 0. The summed E-state index contributed by atoms with van der Waals surface area (Å²) in [5, 5.41) is 0. The maximum atomic E-state index is 3.83. The van der Waals surface area contributed by atoms with Gasteiger partial charge in [0.1, 0.15) is 0 Å². The molecular formula is C7H18Si2. The normalized spacial score (nSPS) is 16.8. The highest BCUT2D eigenvalue weighted by atomic mass is 28.3. The van der Waals surface area contributed by atoms with Crippen LogP contribution in [0, 0.1) is 0 Å². The van der Waals surface area contributed by atoms with Crippen molar-refractivity contribution in [2.45, 2.75) is 31.7 Å². The Balaban J connectivity index is 3.33. The molecule has 0 saturated carbocycles. The van der Waals surface area contributed by atoms with Gasteiger partial charge < -0.3 is 0 Å². The van der Waals surface area contributed by atoms with Gasteiger partial charge in [0, 0.05) is 8.80 Å². The molecule has 9 heavy (non-hydrogen) atoms. The molecule has 0 aromatic heterocycles. The monoisotopic (exact) mass is 158 g/mol. The van der Waals surface area contributed by atoms with Gasteiger partial charge in [-0.25, -0.2) is 0 Å². The van der Waals surface area contributed by atoms with Crippen molar-refractivity contribution in [3.05, 3.63) is 12.3 Å². The molecule has 0 heterocycles. The number of hydrogen-bond donors (Lipinski definition) is 0. The van der Waals surface area contributed by atoms with Crippen LogP contribution in [0.4, 0.5) is 0 Å². The van der Waals surface area contributed by atoms with Gasteiger partial charge in [0.05, 0.1) is 8.80 Å². The van der Waals surface area contributed by atoms with Crippen LogP contribution in [-0.4, -0.2) is 17.6 Å². The first-order chi connectivity index (χ1) is 4.20. The lowest BCUT2D eigenvalue weighted by molar-refractivity contribution is 1.40. The van der Waals surface area contributed by atoms with E-state index < -0.39 is 8.80 Å². The molecule has 2 unspecified atom stereocenters. The van der Waals surface area contributed by atoms with Crippen LogP contribution >= 0.6 is 0 Å². The third kappa shape index (κ3) is 4.66. The molecule has 0 aliphatic rings. The molecule has 2 atom stereocenters. The molecule has 0 aliphatic carbocycles. The molecule has 54 valence electrons. The standard InChI is InChI=1S/C7H18Si2/c1-5-8(3)7-9(4)6-2/h5,8-9H,1,6-7H2,2-4H3. The number of rotatable bonds is 4. The first-order valence-electron chi connectivity index (χ1n) is 3.83. The molecule has 2 heteroatoms. The summed E-state index contributed by atoms with van der Waals surface area (Å²) in [6.45, 7) is 11.0. The van der Waals surface area contributed by atoms with Crippen LogP contribution < -0.4 is 0 Å². The van der Waals surface area contributed by atoms with Crippen LogP contribution in [0.3, 0.4) is 0 Å². The van der Waals surface area contributed by atoms with Crippen molar-refractivity contribution in [2.75, 3.05) is 0 Å². The third-order valence-corrected chi connectivity index (χ3v) is 10.3. The zero-order valence-corrected chi connectivity index (χ0v) is 9.16. The van der Waals surface area contributed by atoms with E-state index in [0.29, 0.717) is 0 Å². The van der Waals surface area contributed by atoms with Gasteiger partial charge in [0.2, 0.25) is 0 Å². The SMILES string of the molecule is C=C[SiH](C)C[SiH](C)CC. The molecule has 0 amide bonds. The van der Waals surface area contributed by atoms with Crippen molar-refractivity contribution < 1.29 is 0 Å². The molecule has 0 rings (SSSR count). The van der Waals surface area contributed by atoms with Crippen molar-refractivity contribution in [3.63, 3.8) is 0 Å². The Hall–Kier alpha value is 0.174. The molecule has 0 aliphatic heterocycles. The van der Waals surface area contributed by atoms with E-state index in [1.165, 1.54) is 6.04 Å². The minimum atomic E-state index is -0.431. The Morgan fingerprint density at radius 1 is 1.44 bits per heavy atom. The molecule has 0 N–H and O–H groups in total. The summed E-state index contributed by atoms with van der Waals surface area (Å²) in [5.41, 5.74) is 3.78. The van der Waals surface area contributed by atoms with Crippen LogP contribution in [-0.2, 0) is 0 Å². The zero-order chi connectivity index (χ0) is 7.28. The van der Waals surface area contributed by atoms with E-state index in [0.717, 1.165) is 0 Å². The van der Waals surface area contributed by atoms with Crippen molar-refractivity contribution in [2.24, 2.45) is 0 Å². The fraction of sp³-hybridized carbons (Fsp3) is 0.714. The summed E-state index contributed by atoms with van der Waals surface area (Å²) in [6.07, 6.45) is 0. The van der Waals surface area contributed by atoms with Gasteiger partial charge in [-0.05, 0) is 0 Å². The molecule has 0 aromatic rings. The average molecular weight is 158 g/mol. The lowest BCUT2D eigenvalue weighted by Crippen LogP contribution is -2.15. The highest BCUT2D eigenvalue weighted by Crippen LogP contribution is 2.01. The molecule has 0 nitrogen and oxygen atoms in total. The Labute approximate surface area is 62.2 Å². The highest BCUT2D eigenvalue weighted by molar-refractivity contribution is 6.78. The van der Waals surface area contributed by atoms with Crippen LogP contribution in [0.25, 0.3) is 0 Å². The van der Waals surface area contributed by atoms with Gasteiger partial charge in [-0.2, -0.15) is 0 Å². The first-order valence-corrected chi connectivity index (χ1v) is 9.25. The summed E-state index contributed by atoms with van der Waals surface area (Å²) in [4.78, 5) is 0. The van der Waals surface area contributed by atoms with Crippen molar-refractivity contribution in [1.82, 2.24) is 0 Å². The van der Waals surface area contributed by atoms with Gasteiger partial charge in [-0.3, -0.25) is 0 Å². The van der Waals surface area contributed by atoms with Gasteiger partial charge in [0.25, 0.3) is 0 Å². The molecule has 0 saturated heterocycles. The Kier molecular flexibility index (Phi) is 5.09. The van der Waals surface area contributed by atoms with Gasteiger partial charge in [0.15, 0.2) is 0 Å². The summed E-state index contributed by atoms with van der Waals surface area (Å²) >= 11 is 0. The van der Waals surface area contributed by atoms with Crippen LogP contribution in [0.2, 0.25) is 24.8 Å². The minimum Gasteiger partial charge on any atom is -0.107 e. The van der Waals surface area contributed by atoms with E-state index in [-0.39, 0.29) is 8.80 Å². The summed E-state index contributed by atoms with van der Waals surface area (Å²) in [7, 11) is -0.698. The lowest BCUT2D eigenvalue weighted by atomic mass is 11.0. The average Bonchev–Trinajstić information content (AvgIpc) is 1.87. The maximum absolute atomic E-state index is 3.83. The summed E-state index contributed by atoms with van der Waals surface area (Å²) < 4.78 is 0. The Bertz CT molecular complexity index is 81.0. The largest absolute Gasteiger partial charge is 0.107 e. The van der Waals surface area contributed by atoms with Crippen molar-refractivity contribution >= 4 is 17.6 Å². The second-order valence-electron chi connectivity index (χ2n) is 2.96. The van der Waals surface area contributed by atoms with Crippen LogP contribution in [0.15, 0.2) is 12.3 Å². The Morgan fingerprint density at radius 3 is 2.33 bits per heavy atom. The molecule has 0 radical (unpaired) electrons. The molecule has 0 aromatic carbocycles. The lowest BCUT2D eigenvalue weighted by Gasteiger charge is -2.07. The smallest absolute Gasteiger partial charge is 0.0548 e. The van der Waals surface area contributed by atoms with Crippen molar-refractivity contribution in [3.8, 4) is 0 Å². The van der Waals surface area contributed by atoms with E-state index in [1.54, 1.807) is 5.67 Å². The summed E-state index contributed by atoms with van der Waals surface area (Å²) in [6, 6.07) is 1.46. The fourth-order valence-electron chi connectivity index (χ4n) is 0.898. The molecule has 0 fully saturated rings. The van der Waals surface area contributed by atoms with Gasteiger partial charge in [-0.1, -0.05) is 31.7 Å². The Morgan fingerprint density at radius 2 is 2.00 bits per heavy atom.